The molecular weight excluding hydrogens is 311 g/mol. The van der Waals surface area contributed by atoms with E-state index < -0.39 is 13.0 Å². The molecule has 0 saturated carbocycles. The van der Waals surface area contributed by atoms with E-state index in [1.54, 1.807) is 6.07 Å². The average molecular weight is 326 g/mol. The molecule has 6 heteroatoms. The van der Waals surface area contributed by atoms with Gasteiger partial charge in [0.25, 0.3) is 6.43 Å². The maximum Gasteiger partial charge on any atom is 0.261 e. The minimum absolute atomic E-state index is 0.0184. The summed E-state index contributed by atoms with van der Waals surface area (Å²) in [6, 6.07) is 4.43. The molecule has 1 rings (SSSR count). The number of hydrogen-bond acceptors (Lipinski definition) is 2. The minimum atomic E-state index is -2.44. The number of nitrogens with one attached hydrogen (secondary N) is 1. The van der Waals surface area contributed by atoms with Gasteiger partial charge >= 0.3 is 0 Å². The molecule has 0 radical (unpaired) electrons. The molecule has 18 heavy (non-hydrogen) atoms. The molecule has 1 unspecified atom stereocenters. The first-order valence-electron chi connectivity index (χ1n) is 5.55. The Kier molecular flexibility index (Phi) is 6.67. The zero-order chi connectivity index (χ0) is 13.5. The van der Waals surface area contributed by atoms with Crippen LogP contribution in [0.5, 0.6) is 0 Å². The van der Waals surface area contributed by atoms with Crippen molar-refractivity contribution in [3.8, 4) is 0 Å². The van der Waals surface area contributed by atoms with Gasteiger partial charge < -0.3 is 10.1 Å². The molecule has 0 saturated heterocycles. The molecule has 0 bridgehead atoms. The average Bonchev–Trinajstić information content (AvgIpc) is 2.27. The van der Waals surface area contributed by atoms with Crippen molar-refractivity contribution in [3.63, 3.8) is 0 Å². The Bertz CT molecular complexity index is 376. The van der Waals surface area contributed by atoms with Gasteiger partial charge in [-0.2, -0.15) is 0 Å². The Morgan fingerprint density at radius 1 is 1.39 bits per heavy atom. The third kappa shape index (κ3) is 5.37. The van der Waals surface area contributed by atoms with E-state index in [4.69, 9.17) is 4.74 Å². The third-order valence-electron chi connectivity index (χ3n) is 2.37. The monoisotopic (exact) mass is 325 g/mol. The van der Waals surface area contributed by atoms with Crippen LogP contribution in [0.4, 0.5) is 13.2 Å². The zero-order valence-corrected chi connectivity index (χ0v) is 11.5. The summed E-state index contributed by atoms with van der Waals surface area (Å²) in [4.78, 5) is 0. The lowest BCUT2D eigenvalue weighted by molar-refractivity contribution is 0.0183. The van der Waals surface area contributed by atoms with Crippen LogP contribution in [0.1, 0.15) is 18.5 Å². The quantitative estimate of drug-likeness (QED) is 0.774. The highest BCUT2D eigenvalue weighted by Crippen LogP contribution is 2.23. The van der Waals surface area contributed by atoms with Crippen LogP contribution in [-0.2, 0) is 4.74 Å². The van der Waals surface area contributed by atoms with Gasteiger partial charge in [0.1, 0.15) is 12.4 Å². The lowest BCUT2D eigenvalue weighted by Gasteiger charge is -2.16. The molecule has 1 aromatic carbocycles. The molecule has 0 spiro atoms. The van der Waals surface area contributed by atoms with Gasteiger partial charge in [-0.1, -0.05) is 22.0 Å². The van der Waals surface area contributed by atoms with Crippen molar-refractivity contribution >= 4 is 15.9 Å². The van der Waals surface area contributed by atoms with E-state index in [9.17, 15) is 13.2 Å². The predicted octanol–water partition coefficient (Wildman–Crippen LogP) is 3.52. The molecule has 0 amide bonds. The van der Waals surface area contributed by atoms with Gasteiger partial charge in [0.15, 0.2) is 0 Å². The summed E-state index contributed by atoms with van der Waals surface area (Å²) in [5, 5.41) is 3.11. The molecular formula is C12H15BrF3NO. The fourth-order valence-corrected chi connectivity index (χ4v) is 2.18. The first-order valence-corrected chi connectivity index (χ1v) is 6.34. The highest BCUT2D eigenvalue weighted by Gasteiger charge is 2.09. The number of rotatable bonds is 7. The normalized spacial score (nSPS) is 13.0. The van der Waals surface area contributed by atoms with Crippen molar-refractivity contribution in [3.05, 3.63) is 34.1 Å². The van der Waals surface area contributed by atoms with Crippen LogP contribution < -0.4 is 5.32 Å². The molecule has 0 heterocycles. The SMILES string of the molecule is CC(NCCOCC(F)F)c1ccc(F)cc1Br. The van der Waals surface area contributed by atoms with Crippen molar-refractivity contribution in [1.29, 1.82) is 0 Å². The van der Waals surface area contributed by atoms with Crippen LogP contribution in [-0.4, -0.2) is 26.2 Å². The van der Waals surface area contributed by atoms with Gasteiger partial charge in [-0.15, -0.1) is 0 Å². The number of benzene rings is 1. The van der Waals surface area contributed by atoms with Gasteiger partial charge in [0, 0.05) is 17.1 Å². The highest BCUT2D eigenvalue weighted by atomic mass is 79.9. The standard InChI is InChI=1S/C12H15BrF3NO/c1-8(17-4-5-18-7-12(15)16)10-3-2-9(14)6-11(10)13/h2-3,6,8,12,17H,4-5,7H2,1H3. The van der Waals surface area contributed by atoms with E-state index in [2.05, 4.69) is 21.2 Å². The van der Waals surface area contributed by atoms with E-state index >= 15 is 0 Å². The van der Waals surface area contributed by atoms with Crippen LogP contribution >= 0.6 is 15.9 Å². The molecule has 0 aliphatic heterocycles. The maximum atomic E-state index is 12.9. The molecule has 0 aliphatic rings. The molecule has 1 atom stereocenters. The number of hydrogen-bond donors (Lipinski definition) is 1. The van der Waals surface area contributed by atoms with Gasteiger partial charge in [-0.25, -0.2) is 13.2 Å². The third-order valence-corrected chi connectivity index (χ3v) is 3.06. The lowest BCUT2D eigenvalue weighted by atomic mass is 10.1. The van der Waals surface area contributed by atoms with E-state index in [1.807, 2.05) is 6.92 Å². The fourth-order valence-electron chi connectivity index (χ4n) is 1.48. The van der Waals surface area contributed by atoms with Crippen molar-refractivity contribution < 1.29 is 17.9 Å². The second-order valence-corrected chi connectivity index (χ2v) is 4.66. The maximum absolute atomic E-state index is 12.9. The van der Waals surface area contributed by atoms with Gasteiger partial charge in [0.05, 0.1) is 6.61 Å². The van der Waals surface area contributed by atoms with Gasteiger partial charge in [0.2, 0.25) is 0 Å². The summed E-state index contributed by atoms with van der Waals surface area (Å²) in [5.41, 5.74) is 0.908. The molecule has 0 aliphatic carbocycles. The molecule has 2 nitrogen and oxygen atoms in total. The Balaban J connectivity index is 2.34. The van der Waals surface area contributed by atoms with Crippen molar-refractivity contribution in [2.24, 2.45) is 0 Å². The van der Waals surface area contributed by atoms with E-state index in [0.29, 0.717) is 11.0 Å². The summed E-state index contributed by atoms with van der Waals surface area (Å²) < 4.78 is 41.9. The second-order valence-electron chi connectivity index (χ2n) is 3.81. The first kappa shape index (κ1) is 15.5. The smallest absolute Gasteiger partial charge is 0.261 e. The van der Waals surface area contributed by atoms with Crippen LogP contribution in [0.3, 0.4) is 0 Å². The topological polar surface area (TPSA) is 21.3 Å². The fraction of sp³-hybridized carbons (Fsp3) is 0.500. The second kappa shape index (κ2) is 7.76. The summed E-state index contributed by atoms with van der Waals surface area (Å²) in [6.45, 7) is 2.03. The number of halogens is 4. The summed E-state index contributed by atoms with van der Waals surface area (Å²) in [5.74, 6) is -0.307. The Morgan fingerprint density at radius 2 is 2.11 bits per heavy atom. The van der Waals surface area contributed by atoms with Crippen molar-refractivity contribution in [2.75, 3.05) is 19.8 Å². The molecule has 1 aromatic rings. The van der Waals surface area contributed by atoms with Crippen LogP contribution in [0.2, 0.25) is 0 Å². The van der Waals surface area contributed by atoms with Gasteiger partial charge in [-0.3, -0.25) is 0 Å². The van der Waals surface area contributed by atoms with Crippen LogP contribution in [0.15, 0.2) is 22.7 Å². The molecule has 1 N–H and O–H groups in total. The van der Waals surface area contributed by atoms with E-state index in [1.165, 1.54) is 12.1 Å². The molecule has 0 aromatic heterocycles. The Hall–Kier alpha value is -0.590. The first-order chi connectivity index (χ1) is 8.50. The highest BCUT2D eigenvalue weighted by molar-refractivity contribution is 9.10. The molecule has 102 valence electrons. The Labute approximate surface area is 113 Å². The summed E-state index contributed by atoms with van der Waals surface area (Å²) in [7, 11) is 0. The number of ether oxygens (including phenoxy) is 1. The summed E-state index contributed by atoms with van der Waals surface area (Å²) >= 11 is 3.28. The van der Waals surface area contributed by atoms with Crippen LogP contribution in [0.25, 0.3) is 0 Å². The van der Waals surface area contributed by atoms with E-state index in [0.717, 1.165) is 5.56 Å². The van der Waals surface area contributed by atoms with Gasteiger partial charge in [-0.05, 0) is 24.6 Å². The van der Waals surface area contributed by atoms with Crippen molar-refractivity contribution in [2.45, 2.75) is 19.4 Å². The Morgan fingerprint density at radius 3 is 2.72 bits per heavy atom. The predicted molar refractivity (Wildman–Crippen MR) is 67.3 cm³/mol. The molecule has 0 fully saturated rings. The lowest BCUT2D eigenvalue weighted by Crippen LogP contribution is -2.24. The largest absolute Gasteiger partial charge is 0.374 e. The minimum Gasteiger partial charge on any atom is -0.374 e. The van der Waals surface area contributed by atoms with Crippen molar-refractivity contribution in [1.82, 2.24) is 5.32 Å². The summed E-state index contributed by atoms with van der Waals surface area (Å²) in [6.07, 6.45) is -2.44. The number of alkyl halides is 2. The zero-order valence-electron chi connectivity index (χ0n) is 9.93. The van der Waals surface area contributed by atoms with E-state index in [-0.39, 0.29) is 18.5 Å². The van der Waals surface area contributed by atoms with Crippen LogP contribution in [0, 0.1) is 5.82 Å².